The topological polar surface area (TPSA) is 93.7 Å². The molecular weight excluding hydrogens is 312 g/mol. The van der Waals surface area contributed by atoms with Crippen LogP contribution in [0.25, 0.3) is 11.0 Å². The fraction of sp³-hybridized carbons (Fsp3) is 0.412. The first kappa shape index (κ1) is 16.2. The lowest BCUT2D eigenvalue weighted by atomic mass is 9.99. The first-order valence-electron chi connectivity index (χ1n) is 8.04. The molecule has 2 aromatic rings. The van der Waals surface area contributed by atoms with Crippen LogP contribution >= 0.6 is 0 Å². The van der Waals surface area contributed by atoms with Crippen molar-refractivity contribution in [1.82, 2.24) is 4.90 Å². The van der Waals surface area contributed by atoms with Crippen molar-refractivity contribution >= 4 is 22.6 Å². The van der Waals surface area contributed by atoms with E-state index >= 15 is 0 Å². The molecule has 1 fully saturated rings. The lowest BCUT2D eigenvalue weighted by molar-refractivity contribution is -0.384. The summed E-state index contributed by atoms with van der Waals surface area (Å²) >= 11 is 0. The molecule has 126 valence electrons. The highest BCUT2D eigenvalue weighted by Gasteiger charge is 2.28. The van der Waals surface area contributed by atoms with Gasteiger partial charge in [-0.2, -0.15) is 0 Å². The van der Waals surface area contributed by atoms with Crippen LogP contribution in [0.15, 0.2) is 33.5 Å². The van der Waals surface area contributed by atoms with Crippen LogP contribution in [0.4, 0.5) is 5.69 Å². The number of nitro benzene ring substituents is 1. The van der Waals surface area contributed by atoms with Gasteiger partial charge in [-0.3, -0.25) is 14.9 Å². The summed E-state index contributed by atoms with van der Waals surface area (Å²) in [5, 5.41) is 11.3. The van der Waals surface area contributed by atoms with E-state index in [1.165, 1.54) is 24.3 Å². The highest BCUT2D eigenvalue weighted by atomic mass is 16.6. The Labute approximate surface area is 138 Å². The highest BCUT2D eigenvalue weighted by Crippen LogP contribution is 2.24. The average molecular weight is 330 g/mol. The molecule has 7 heteroatoms. The monoisotopic (exact) mass is 330 g/mol. The van der Waals surface area contributed by atoms with Crippen LogP contribution in [0, 0.1) is 10.1 Å². The Morgan fingerprint density at radius 1 is 1.38 bits per heavy atom. The van der Waals surface area contributed by atoms with E-state index in [0.717, 1.165) is 25.7 Å². The zero-order valence-electron chi connectivity index (χ0n) is 13.4. The lowest BCUT2D eigenvalue weighted by Crippen LogP contribution is -2.44. The predicted octanol–water partition coefficient (Wildman–Crippen LogP) is 3.11. The third-order valence-electron chi connectivity index (χ3n) is 4.52. The molecule has 1 aliphatic rings. The molecule has 0 saturated carbocycles. The maximum Gasteiger partial charge on any atom is 0.349 e. The zero-order valence-corrected chi connectivity index (χ0v) is 13.4. The Morgan fingerprint density at radius 3 is 2.88 bits per heavy atom. The second-order valence-corrected chi connectivity index (χ2v) is 5.98. The molecule has 2 heterocycles. The molecule has 0 unspecified atom stereocenters. The maximum atomic E-state index is 12.8. The highest BCUT2D eigenvalue weighted by molar-refractivity contribution is 5.97. The van der Waals surface area contributed by atoms with Crippen LogP contribution in [0.1, 0.15) is 43.0 Å². The fourth-order valence-corrected chi connectivity index (χ4v) is 3.22. The maximum absolute atomic E-state index is 12.8. The van der Waals surface area contributed by atoms with Gasteiger partial charge in [0.2, 0.25) is 0 Å². The van der Waals surface area contributed by atoms with Gasteiger partial charge in [0, 0.05) is 30.1 Å². The van der Waals surface area contributed by atoms with Crippen LogP contribution < -0.4 is 5.63 Å². The summed E-state index contributed by atoms with van der Waals surface area (Å²) in [6, 6.07) is 5.47. The third kappa shape index (κ3) is 2.89. The number of nitro groups is 1. The van der Waals surface area contributed by atoms with E-state index in [0.29, 0.717) is 11.9 Å². The number of carbonyl (C=O) groups excluding carboxylic acids is 1. The second kappa shape index (κ2) is 6.43. The van der Waals surface area contributed by atoms with E-state index in [2.05, 4.69) is 0 Å². The average Bonchev–Trinajstić information content (AvgIpc) is 2.60. The minimum absolute atomic E-state index is 0.0663. The molecule has 0 bridgehead atoms. The third-order valence-corrected chi connectivity index (χ3v) is 4.52. The van der Waals surface area contributed by atoms with E-state index in [1.807, 2.05) is 6.92 Å². The molecule has 0 spiro atoms. The number of hydrogen-bond acceptors (Lipinski definition) is 5. The molecule has 0 radical (unpaired) electrons. The number of piperidine rings is 1. The first-order valence-corrected chi connectivity index (χ1v) is 8.04. The van der Waals surface area contributed by atoms with Crippen molar-refractivity contribution in [1.29, 1.82) is 0 Å². The van der Waals surface area contributed by atoms with E-state index in [9.17, 15) is 19.7 Å². The Bertz CT molecular complexity index is 858. The smallest absolute Gasteiger partial charge is 0.349 e. The van der Waals surface area contributed by atoms with Crippen molar-refractivity contribution in [2.75, 3.05) is 6.54 Å². The number of amides is 1. The van der Waals surface area contributed by atoms with Gasteiger partial charge in [0.15, 0.2) is 0 Å². The molecule has 0 aliphatic carbocycles. The molecule has 3 rings (SSSR count). The molecule has 1 amide bonds. The number of likely N-dealkylation sites (tertiary alicyclic amines) is 1. The quantitative estimate of drug-likeness (QED) is 0.489. The SMILES string of the molecule is CC[C@@H]1CCCCN1C(=O)c1cc2cc([N+](=O)[O-])ccc2oc1=O. The molecule has 1 atom stereocenters. The second-order valence-electron chi connectivity index (χ2n) is 5.98. The van der Waals surface area contributed by atoms with Gasteiger partial charge < -0.3 is 9.32 Å². The van der Waals surface area contributed by atoms with Crippen molar-refractivity contribution in [2.24, 2.45) is 0 Å². The van der Waals surface area contributed by atoms with Crippen LogP contribution in [-0.2, 0) is 0 Å². The zero-order chi connectivity index (χ0) is 17.3. The first-order chi connectivity index (χ1) is 11.5. The molecule has 1 aromatic heterocycles. The Morgan fingerprint density at radius 2 is 2.17 bits per heavy atom. The lowest BCUT2D eigenvalue weighted by Gasteiger charge is -2.35. The number of fused-ring (bicyclic) bond motifs is 1. The Kier molecular flexibility index (Phi) is 4.33. The summed E-state index contributed by atoms with van der Waals surface area (Å²) in [4.78, 5) is 37.1. The van der Waals surface area contributed by atoms with Gasteiger partial charge >= 0.3 is 5.63 Å². The number of hydrogen-bond donors (Lipinski definition) is 0. The van der Waals surface area contributed by atoms with Crippen LogP contribution in [0.3, 0.4) is 0 Å². The van der Waals surface area contributed by atoms with Gasteiger partial charge in [0.25, 0.3) is 11.6 Å². The number of nitrogens with zero attached hydrogens (tertiary/aromatic N) is 2. The number of carbonyl (C=O) groups is 1. The van der Waals surface area contributed by atoms with Gasteiger partial charge in [-0.15, -0.1) is 0 Å². The Hall–Kier alpha value is -2.70. The van der Waals surface area contributed by atoms with Gasteiger partial charge in [0.05, 0.1) is 4.92 Å². The van der Waals surface area contributed by atoms with Crippen LogP contribution in [-0.4, -0.2) is 28.3 Å². The number of non-ortho nitro benzene ring substituents is 1. The summed E-state index contributed by atoms with van der Waals surface area (Å²) in [7, 11) is 0. The van der Waals surface area contributed by atoms with Crippen molar-refractivity contribution in [2.45, 2.75) is 38.6 Å². The minimum atomic E-state index is -0.707. The van der Waals surface area contributed by atoms with Crippen molar-refractivity contribution < 1.29 is 14.1 Å². The molecule has 1 aliphatic heterocycles. The standard InChI is InChI=1S/C17H18N2O5/c1-2-12-5-3-4-8-18(12)16(20)14-10-11-9-13(19(22)23)6-7-15(11)24-17(14)21/h6-7,9-10,12H,2-5,8H2,1H3/t12-/m1/s1. The molecular formula is C17H18N2O5. The summed E-state index contributed by atoms with van der Waals surface area (Å²) in [5.74, 6) is -0.358. The predicted molar refractivity (Wildman–Crippen MR) is 88.1 cm³/mol. The Balaban J connectivity index is 2.04. The van der Waals surface area contributed by atoms with Gasteiger partial charge in [-0.05, 0) is 37.8 Å². The molecule has 24 heavy (non-hydrogen) atoms. The summed E-state index contributed by atoms with van der Waals surface area (Å²) in [6.45, 7) is 2.63. The summed E-state index contributed by atoms with van der Waals surface area (Å²) in [6.07, 6.45) is 3.73. The minimum Gasteiger partial charge on any atom is -0.422 e. The van der Waals surface area contributed by atoms with Crippen LogP contribution in [0.5, 0.6) is 0 Å². The molecule has 1 aromatic carbocycles. The van der Waals surface area contributed by atoms with Gasteiger partial charge in [-0.25, -0.2) is 4.79 Å². The van der Waals surface area contributed by atoms with E-state index in [4.69, 9.17) is 4.42 Å². The number of rotatable bonds is 3. The summed E-state index contributed by atoms with van der Waals surface area (Å²) < 4.78 is 5.18. The van der Waals surface area contributed by atoms with Crippen molar-refractivity contribution in [3.63, 3.8) is 0 Å². The summed E-state index contributed by atoms with van der Waals surface area (Å²) in [5.41, 5.74) is -0.655. The molecule has 0 N–H and O–H groups in total. The number of benzene rings is 1. The normalized spacial score (nSPS) is 17.9. The fourth-order valence-electron chi connectivity index (χ4n) is 3.22. The van der Waals surface area contributed by atoms with E-state index in [-0.39, 0.29) is 28.8 Å². The van der Waals surface area contributed by atoms with Gasteiger partial charge in [-0.1, -0.05) is 6.92 Å². The van der Waals surface area contributed by atoms with Gasteiger partial charge in [0.1, 0.15) is 11.1 Å². The van der Waals surface area contributed by atoms with Crippen molar-refractivity contribution in [3.8, 4) is 0 Å². The van der Waals surface area contributed by atoms with E-state index < -0.39 is 10.5 Å². The van der Waals surface area contributed by atoms with Crippen LogP contribution in [0.2, 0.25) is 0 Å². The molecule has 1 saturated heterocycles. The van der Waals surface area contributed by atoms with Crippen molar-refractivity contribution in [3.05, 3.63) is 50.4 Å². The van der Waals surface area contributed by atoms with E-state index in [1.54, 1.807) is 4.90 Å². The molecule has 7 nitrogen and oxygen atoms in total. The largest absolute Gasteiger partial charge is 0.422 e.